The lowest BCUT2D eigenvalue weighted by Crippen LogP contribution is -2.34. The van der Waals surface area contributed by atoms with Crippen molar-refractivity contribution in [2.75, 3.05) is 26.7 Å². The van der Waals surface area contributed by atoms with E-state index < -0.39 is 10.0 Å². The predicted molar refractivity (Wildman–Crippen MR) is 106 cm³/mol. The third kappa shape index (κ3) is 5.38. The molecule has 8 heteroatoms. The van der Waals surface area contributed by atoms with Crippen molar-refractivity contribution in [2.24, 2.45) is 0 Å². The smallest absolute Gasteiger partial charge is 0.253 e. The molecule has 1 amide bonds. The van der Waals surface area contributed by atoms with Gasteiger partial charge in [-0.1, -0.05) is 6.07 Å². The van der Waals surface area contributed by atoms with Crippen LogP contribution in [0.5, 0.6) is 0 Å². The number of rotatable bonds is 8. The van der Waals surface area contributed by atoms with Gasteiger partial charge in [-0.25, -0.2) is 13.1 Å². The van der Waals surface area contributed by atoms with E-state index in [1.165, 1.54) is 12.1 Å². The average molecular weight is 409 g/mol. The number of amides is 1. The first kappa shape index (κ1) is 20.0. The van der Waals surface area contributed by atoms with Crippen LogP contribution < -0.4 is 4.72 Å². The molecule has 1 N–H and O–H groups in total. The Kier molecular flexibility index (Phi) is 6.64. The lowest BCUT2D eigenvalue weighted by Gasteiger charge is -2.21. The molecule has 1 aromatic heterocycles. The molecule has 0 saturated carbocycles. The summed E-state index contributed by atoms with van der Waals surface area (Å²) in [6, 6.07) is 9.98. The number of carbonyl (C=O) groups excluding carboxylic acids is 1. The SMILES string of the molecule is CN(CC1CCCO1)C(=O)c1ccc(S(=O)(=O)NCCc2cccs2)cc1. The number of nitrogens with one attached hydrogen (secondary N) is 1. The average Bonchev–Trinajstić information content (AvgIpc) is 3.35. The maximum absolute atomic E-state index is 12.5. The van der Waals surface area contributed by atoms with Crippen LogP contribution in [-0.4, -0.2) is 52.1 Å². The Balaban J connectivity index is 1.57. The first-order chi connectivity index (χ1) is 13.0. The van der Waals surface area contributed by atoms with Crippen LogP contribution in [0.3, 0.4) is 0 Å². The van der Waals surface area contributed by atoms with E-state index in [-0.39, 0.29) is 16.9 Å². The number of benzene rings is 1. The summed E-state index contributed by atoms with van der Waals surface area (Å²) in [5, 5.41) is 1.97. The molecule has 1 atom stereocenters. The number of hydrogen-bond donors (Lipinski definition) is 1. The summed E-state index contributed by atoms with van der Waals surface area (Å²) in [5.74, 6) is -0.139. The van der Waals surface area contributed by atoms with Crippen LogP contribution >= 0.6 is 11.3 Å². The van der Waals surface area contributed by atoms with Crippen LogP contribution in [0.25, 0.3) is 0 Å². The molecule has 3 rings (SSSR count). The van der Waals surface area contributed by atoms with Gasteiger partial charge in [-0.3, -0.25) is 4.79 Å². The van der Waals surface area contributed by atoms with Crippen LogP contribution in [0, 0.1) is 0 Å². The molecule has 1 aliphatic heterocycles. The highest BCUT2D eigenvalue weighted by molar-refractivity contribution is 7.89. The summed E-state index contributed by atoms with van der Waals surface area (Å²) in [5.41, 5.74) is 0.466. The van der Waals surface area contributed by atoms with Crippen molar-refractivity contribution in [3.8, 4) is 0 Å². The van der Waals surface area contributed by atoms with Gasteiger partial charge in [-0.05, 0) is 55.0 Å². The second-order valence-corrected chi connectivity index (χ2v) is 9.37. The number of carbonyl (C=O) groups is 1. The van der Waals surface area contributed by atoms with Gasteiger partial charge in [0.2, 0.25) is 10.0 Å². The Morgan fingerprint density at radius 1 is 1.30 bits per heavy atom. The normalized spacial score (nSPS) is 17.1. The number of nitrogens with zero attached hydrogens (tertiary/aromatic N) is 1. The van der Waals surface area contributed by atoms with Crippen LogP contribution in [0.15, 0.2) is 46.7 Å². The number of hydrogen-bond acceptors (Lipinski definition) is 5. The van der Waals surface area contributed by atoms with Gasteiger partial charge in [0, 0.05) is 37.2 Å². The standard InChI is InChI=1S/C19H24N2O4S2/c1-21(14-16-4-2-12-25-16)19(22)15-6-8-18(9-7-15)27(23,24)20-11-10-17-5-3-13-26-17/h3,5-9,13,16,20H,2,4,10-12,14H2,1H3. The van der Waals surface area contributed by atoms with Crippen molar-refractivity contribution in [3.63, 3.8) is 0 Å². The molecule has 2 heterocycles. The number of thiophene rings is 1. The minimum Gasteiger partial charge on any atom is -0.376 e. The van der Waals surface area contributed by atoms with Crippen LogP contribution in [0.2, 0.25) is 0 Å². The number of likely N-dealkylation sites (N-methyl/N-ethyl adjacent to an activating group) is 1. The second-order valence-electron chi connectivity index (χ2n) is 6.57. The van der Waals surface area contributed by atoms with E-state index in [2.05, 4.69) is 4.72 Å². The fraction of sp³-hybridized carbons (Fsp3) is 0.421. The molecule has 0 spiro atoms. The molecule has 6 nitrogen and oxygen atoms in total. The highest BCUT2D eigenvalue weighted by Crippen LogP contribution is 2.16. The van der Waals surface area contributed by atoms with E-state index in [0.717, 1.165) is 24.3 Å². The zero-order chi connectivity index (χ0) is 19.3. The lowest BCUT2D eigenvalue weighted by molar-refractivity contribution is 0.0587. The molecule has 2 aromatic rings. The molecule has 1 unspecified atom stereocenters. The Bertz CT molecular complexity index is 842. The highest BCUT2D eigenvalue weighted by atomic mass is 32.2. The van der Waals surface area contributed by atoms with Crippen molar-refractivity contribution in [3.05, 3.63) is 52.2 Å². The van der Waals surface area contributed by atoms with Gasteiger partial charge in [-0.2, -0.15) is 0 Å². The molecular formula is C19H24N2O4S2. The van der Waals surface area contributed by atoms with Crippen LogP contribution in [0.4, 0.5) is 0 Å². The van der Waals surface area contributed by atoms with E-state index >= 15 is 0 Å². The van der Waals surface area contributed by atoms with Gasteiger partial charge in [0.15, 0.2) is 0 Å². The second kappa shape index (κ2) is 8.97. The fourth-order valence-corrected chi connectivity index (χ4v) is 4.76. The molecular weight excluding hydrogens is 384 g/mol. The van der Waals surface area contributed by atoms with Crippen molar-refractivity contribution < 1.29 is 17.9 Å². The van der Waals surface area contributed by atoms with Gasteiger partial charge in [0.25, 0.3) is 5.91 Å². The Morgan fingerprint density at radius 2 is 2.07 bits per heavy atom. The maximum atomic E-state index is 12.5. The molecule has 1 saturated heterocycles. The topological polar surface area (TPSA) is 75.7 Å². The van der Waals surface area contributed by atoms with Gasteiger partial charge in [0.1, 0.15) is 0 Å². The van der Waals surface area contributed by atoms with Crippen LogP contribution in [0.1, 0.15) is 28.1 Å². The quantitative estimate of drug-likeness (QED) is 0.728. The van der Waals surface area contributed by atoms with E-state index in [4.69, 9.17) is 4.74 Å². The minimum atomic E-state index is -3.59. The summed E-state index contributed by atoms with van der Waals surface area (Å²) >= 11 is 1.60. The Morgan fingerprint density at radius 3 is 2.70 bits per heavy atom. The molecule has 0 aliphatic carbocycles. The van der Waals surface area contributed by atoms with Crippen LogP contribution in [-0.2, 0) is 21.2 Å². The summed E-state index contributed by atoms with van der Waals surface area (Å²) in [6.45, 7) is 1.63. The van der Waals surface area contributed by atoms with Gasteiger partial charge in [0.05, 0.1) is 11.0 Å². The van der Waals surface area contributed by atoms with E-state index in [9.17, 15) is 13.2 Å². The number of ether oxygens (including phenoxy) is 1. The fourth-order valence-electron chi connectivity index (χ4n) is 3.02. The molecule has 0 bridgehead atoms. The van der Waals surface area contributed by atoms with Gasteiger partial charge in [-0.15, -0.1) is 11.3 Å². The summed E-state index contributed by atoms with van der Waals surface area (Å²) in [4.78, 5) is 15.4. The molecule has 27 heavy (non-hydrogen) atoms. The van der Waals surface area contributed by atoms with E-state index in [0.29, 0.717) is 25.1 Å². The maximum Gasteiger partial charge on any atom is 0.253 e. The van der Waals surface area contributed by atoms with Gasteiger partial charge < -0.3 is 9.64 Å². The van der Waals surface area contributed by atoms with Crippen molar-refractivity contribution >= 4 is 27.3 Å². The first-order valence-electron chi connectivity index (χ1n) is 8.95. The molecule has 1 aliphatic rings. The molecule has 0 radical (unpaired) electrons. The Labute approximate surface area is 164 Å². The minimum absolute atomic E-state index is 0.0890. The third-order valence-corrected chi connectivity index (χ3v) is 6.92. The zero-order valence-electron chi connectivity index (χ0n) is 15.3. The molecule has 1 fully saturated rings. The highest BCUT2D eigenvalue weighted by Gasteiger charge is 2.21. The predicted octanol–water partition coefficient (Wildman–Crippen LogP) is 2.52. The molecule has 1 aromatic carbocycles. The zero-order valence-corrected chi connectivity index (χ0v) is 16.9. The van der Waals surface area contributed by atoms with E-state index in [1.807, 2.05) is 17.5 Å². The van der Waals surface area contributed by atoms with E-state index in [1.54, 1.807) is 35.4 Å². The summed E-state index contributed by atoms with van der Waals surface area (Å²) < 4.78 is 32.9. The first-order valence-corrected chi connectivity index (χ1v) is 11.3. The lowest BCUT2D eigenvalue weighted by atomic mass is 10.2. The Hall–Kier alpha value is -1.74. The van der Waals surface area contributed by atoms with Crippen molar-refractivity contribution in [1.82, 2.24) is 9.62 Å². The van der Waals surface area contributed by atoms with Gasteiger partial charge >= 0.3 is 0 Å². The number of sulfonamides is 1. The summed E-state index contributed by atoms with van der Waals surface area (Å²) in [6.07, 6.45) is 2.73. The monoisotopic (exact) mass is 408 g/mol. The molecule has 146 valence electrons. The summed E-state index contributed by atoms with van der Waals surface area (Å²) in [7, 11) is -1.85. The van der Waals surface area contributed by atoms with Crippen molar-refractivity contribution in [2.45, 2.75) is 30.3 Å². The van der Waals surface area contributed by atoms with Crippen molar-refractivity contribution in [1.29, 1.82) is 0 Å². The largest absolute Gasteiger partial charge is 0.376 e. The third-order valence-electron chi connectivity index (χ3n) is 4.50.